The van der Waals surface area contributed by atoms with Crippen LogP contribution in [0.1, 0.15) is 66.7 Å². The van der Waals surface area contributed by atoms with Crippen LogP contribution in [-0.2, 0) is 29.6 Å². The molecule has 1 aliphatic heterocycles. The molecule has 3 N–H and O–H groups in total. The molecule has 0 fully saturated rings. The first-order valence-corrected chi connectivity index (χ1v) is 15.5. The van der Waals surface area contributed by atoms with Crippen molar-refractivity contribution < 1.29 is 14.4 Å². The van der Waals surface area contributed by atoms with Crippen molar-refractivity contribution in [2.24, 2.45) is 13.0 Å². The van der Waals surface area contributed by atoms with Crippen LogP contribution in [0.2, 0.25) is 0 Å². The van der Waals surface area contributed by atoms with E-state index in [1.54, 1.807) is 26.5 Å². The van der Waals surface area contributed by atoms with Crippen molar-refractivity contribution in [2.45, 2.75) is 65.1 Å². The number of imidazole rings is 1. The summed E-state index contributed by atoms with van der Waals surface area (Å²) in [6.45, 7) is 7.09. The molecule has 1 aliphatic rings. The number of hydrogen-bond acceptors (Lipinski definition) is 6. The molecule has 0 saturated heterocycles. The summed E-state index contributed by atoms with van der Waals surface area (Å²) in [5, 5.41) is 16.2. The zero-order valence-corrected chi connectivity index (χ0v) is 26.2. The Hall–Kier alpha value is -4.94. The van der Waals surface area contributed by atoms with Gasteiger partial charge in [0.05, 0.1) is 18.8 Å². The van der Waals surface area contributed by atoms with E-state index >= 15 is 0 Å². The van der Waals surface area contributed by atoms with Gasteiger partial charge in [-0.2, -0.15) is 10.2 Å². The number of carbonyl (C=O) groups is 3. The zero-order valence-electron chi connectivity index (χ0n) is 26.2. The fourth-order valence-corrected chi connectivity index (χ4v) is 6.20. The Balaban J connectivity index is 1.33. The van der Waals surface area contributed by atoms with Gasteiger partial charge in [-0.25, -0.2) is 14.2 Å². The molecule has 0 radical (unpaired) electrons. The van der Waals surface area contributed by atoms with Crippen LogP contribution in [0, 0.1) is 12.8 Å². The minimum absolute atomic E-state index is 0.165. The van der Waals surface area contributed by atoms with Crippen LogP contribution in [0.25, 0.3) is 16.6 Å². The predicted molar refractivity (Wildman–Crippen MR) is 168 cm³/mol. The van der Waals surface area contributed by atoms with Gasteiger partial charge < -0.3 is 25.1 Å². The highest BCUT2D eigenvalue weighted by atomic mass is 16.2. The monoisotopic (exact) mass is 612 g/mol. The zero-order chi connectivity index (χ0) is 31.7. The Kier molecular flexibility index (Phi) is 8.42. The predicted octanol–water partition coefficient (Wildman–Crippen LogP) is 2.92. The number of nitrogens with one attached hydrogen (secondary N) is 3. The lowest BCUT2D eigenvalue weighted by Gasteiger charge is -2.27. The summed E-state index contributed by atoms with van der Waals surface area (Å²) in [6, 6.07) is 6.66. The first-order valence-electron chi connectivity index (χ1n) is 15.5. The van der Waals surface area contributed by atoms with E-state index in [0.717, 1.165) is 16.5 Å². The molecule has 45 heavy (non-hydrogen) atoms. The summed E-state index contributed by atoms with van der Waals surface area (Å²) in [5.74, 6) is 0.784. The Morgan fingerprint density at radius 1 is 1.07 bits per heavy atom. The fraction of sp³-hybridized carbons (Fsp3) is 0.438. The van der Waals surface area contributed by atoms with Gasteiger partial charge in [-0.1, -0.05) is 32.0 Å². The summed E-state index contributed by atoms with van der Waals surface area (Å²) in [7, 11) is 1.88. The van der Waals surface area contributed by atoms with Crippen molar-refractivity contribution in [1.82, 2.24) is 49.5 Å². The second-order valence-corrected chi connectivity index (χ2v) is 12.2. The number of aryl methyl sites for hydroxylation is 2. The van der Waals surface area contributed by atoms with Crippen LogP contribution >= 0.6 is 0 Å². The lowest BCUT2D eigenvalue weighted by Crippen LogP contribution is -2.49. The van der Waals surface area contributed by atoms with Crippen LogP contribution in [0.15, 0.2) is 49.1 Å². The molecule has 236 valence electrons. The molecule has 0 bridgehead atoms. The third-order valence-electron chi connectivity index (χ3n) is 8.36. The number of rotatable bonds is 5. The number of amides is 3. The first-order chi connectivity index (χ1) is 21.7. The second-order valence-electron chi connectivity index (χ2n) is 12.2. The number of aromatic nitrogens is 7. The minimum atomic E-state index is -0.803. The Morgan fingerprint density at radius 2 is 1.89 bits per heavy atom. The van der Waals surface area contributed by atoms with Gasteiger partial charge in [-0.3, -0.25) is 14.4 Å². The van der Waals surface area contributed by atoms with E-state index in [-0.39, 0.29) is 30.1 Å². The topological polar surface area (TPSA) is 147 Å². The second kappa shape index (κ2) is 12.6. The number of nitrogens with zero attached hydrogens (tertiary/aromatic N) is 7. The number of para-hydroxylation sites is 1. The van der Waals surface area contributed by atoms with Crippen molar-refractivity contribution in [3.05, 3.63) is 71.8 Å². The Bertz CT molecular complexity index is 1840. The maximum atomic E-state index is 13.9. The van der Waals surface area contributed by atoms with E-state index in [4.69, 9.17) is 4.98 Å². The number of hydrogen-bond donors (Lipinski definition) is 3. The SMILES string of the molecule is Cc1nc2n(n1)CCN(C(=O)c1cnn3ccn(C)c13)CCCC(=O)N[C@H](Cc1c[nH]c3ccccc13)C(=O)N[C@H]2CC(C)C. The van der Waals surface area contributed by atoms with Gasteiger partial charge in [0.1, 0.15) is 28.9 Å². The van der Waals surface area contributed by atoms with E-state index < -0.39 is 12.1 Å². The number of benzene rings is 1. The molecule has 0 unspecified atom stereocenters. The average Bonchev–Trinajstić information content (AvgIpc) is 3.78. The largest absolute Gasteiger partial charge is 0.361 e. The molecule has 3 amide bonds. The molecule has 0 aliphatic carbocycles. The van der Waals surface area contributed by atoms with E-state index in [1.807, 2.05) is 55.2 Å². The molecule has 2 atom stereocenters. The number of fused-ring (bicyclic) bond motifs is 3. The summed E-state index contributed by atoms with van der Waals surface area (Å²) < 4.78 is 5.35. The Labute approximate surface area is 261 Å². The van der Waals surface area contributed by atoms with E-state index in [2.05, 4.69) is 39.7 Å². The molecule has 6 rings (SSSR count). The van der Waals surface area contributed by atoms with Gasteiger partial charge in [-0.15, -0.1) is 0 Å². The van der Waals surface area contributed by atoms with E-state index in [9.17, 15) is 14.4 Å². The highest BCUT2D eigenvalue weighted by Crippen LogP contribution is 2.23. The Morgan fingerprint density at radius 3 is 2.71 bits per heavy atom. The van der Waals surface area contributed by atoms with Crippen LogP contribution < -0.4 is 10.6 Å². The van der Waals surface area contributed by atoms with Crippen LogP contribution in [0.4, 0.5) is 0 Å². The van der Waals surface area contributed by atoms with E-state index in [0.29, 0.717) is 61.8 Å². The molecule has 13 nitrogen and oxygen atoms in total. The van der Waals surface area contributed by atoms with Crippen molar-refractivity contribution >= 4 is 34.3 Å². The number of H-pyrrole nitrogens is 1. The van der Waals surface area contributed by atoms with Crippen LogP contribution in [0.3, 0.4) is 0 Å². The summed E-state index contributed by atoms with van der Waals surface area (Å²) in [4.78, 5) is 50.9. The molecule has 0 spiro atoms. The molecular weight excluding hydrogens is 572 g/mol. The number of aromatic amines is 1. The summed E-state index contributed by atoms with van der Waals surface area (Å²) in [6.07, 6.45) is 8.68. The average molecular weight is 613 g/mol. The maximum absolute atomic E-state index is 13.9. The lowest BCUT2D eigenvalue weighted by atomic mass is 10.0. The van der Waals surface area contributed by atoms with Crippen molar-refractivity contribution in [3.63, 3.8) is 0 Å². The van der Waals surface area contributed by atoms with Gasteiger partial charge in [-0.05, 0) is 37.3 Å². The summed E-state index contributed by atoms with van der Waals surface area (Å²) >= 11 is 0. The van der Waals surface area contributed by atoms with Crippen molar-refractivity contribution in [3.8, 4) is 0 Å². The fourth-order valence-electron chi connectivity index (χ4n) is 6.20. The highest BCUT2D eigenvalue weighted by molar-refractivity contribution is 6.00. The number of carbonyl (C=O) groups excluding carboxylic acids is 3. The molecule has 0 saturated carbocycles. The third-order valence-corrected chi connectivity index (χ3v) is 8.36. The molecular formula is C32H40N10O3. The standard InChI is InChI=1S/C32H40N10O3/c1-20(2)16-26-29-35-21(3)38-41(29)15-13-40(32(45)24-19-34-42-14-12-39(4)31(24)42)11-7-10-28(43)36-27(30(44)37-26)17-22-18-33-25-9-6-5-8-23(22)25/h5-6,8-9,12,14,18-20,26-27,33H,7,10-11,13,15-17H2,1-4H3,(H,36,43)(H,37,44)/t26-,27+/m0/s1. The minimum Gasteiger partial charge on any atom is -0.361 e. The van der Waals surface area contributed by atoms with Gasteiger partial charge in [0.2, 0.25) is 11.8 Å². The van der Waals surface area contributed by atoms with Gasteiger partial charge in [0.15, 0.2) is 0 Å². The van der Waals surface area contributed by atoms with Crippen LogP contribution in [-0.4, -0.2) is 75.7 Å². The maximum Gasteiger partial charge on any atom is 0.259 e. The smallest absolute Gasteiger partial charge is 0.259 e. The van der Waals surface area contributed by atoms with E-state index in [1.165, 1.54) is 0 Å². The third kappa shape index (κ3) is 6.33. The molecule has 5 heterocycles. The molecule has 4 aromatic heterocycles. The van der Waals surface area contributed by atoms with Gasteiger partial charge in [0, 0.05) is 62.5 Å². The highest BCUT2D eigenvalue weighted by Gasteiger charge is 2.30. The van der Waals surface area contributed by atoms with Gasteiger partial charge >= 0.3 is 0 Å². The molecule has 5 aromatic rings. The summed E-state index contributed by atoms with van der Waals surface area (Å²) in [5.41, 5.74) is 3.11. The molecule has 13 heteroatoms. The molecule has 1 aromatic carbocycles. The first kappa shape index (κ1) is 30.1. The van der Waals surface area contributed by atoms with Crippen molar-refractivity contribution in [1.29, 1.82) is 0 Å². The van der Waals surface area contributed by atoms with Crippen molar-refractivity contribution in [2.75, 3.05) is 13.1 Å². The van der Waals surface area contributed by atoms with Crippen LogP contribution in [0.5, 0.6) is 0 Å². The quantitative estimate of drug-likeness (QED) is 0.278. The lowest BCUT2D eigenvalue weighted by molar-refractivity contribution is -0.129. The normalized spacial score (nSPS) is 18.6. The van der Waals surface area contributed by atoms with Gasteiger partial charge in [0.25, 0.3) is 5.91 Å².